The van der Waals surface area contributed by atoms with Crippen LogP contribution in [0.4, 0.5) is 13.2 Å². The second-order valence-electron chi connectivity index (χ2n) is 7.03. The molecule has 1 aromatic heterocycles. The highest BCUT2D eigenvalue weighted by molar-refractivity contribution is 6.17. The van der Waals surface area contributed by atoms with E-state index in [4.69, 9.17) is 5.73 Å². The minimum Gasteiger partial charge on any atom is -0.366 e. The van der Waals surface area contributed by atoms with Crippen molar-refractivity contribution in [1.29, 1.82) is 0 Å². The fourth-order valence-electron chi connectivity index (χ4n) is 3.76. The van der Waals surface area contributed by atoms with Crippen LogP contribution < -0.4 is 5.73 Å². The van der Waals surface area contributed by atoms with Gasteiger partial charge in [0.25, 0.3) is 0 Å². The summed E-state index contributed by atoms with van der Waals surface area (Å²) in [7, 11) is 0. The van der Waals surface area contributed by atoms with Crippen LogP contribution >= 0.6 is 0 Å². The smallest absolute Gasteiger partial charge is 0.249 e. The van der Waals surface area contributed by atoms with Gasteiger partial charge in [-0.15, -0.1) is 0 Å². The molecular formula is C23H18F3N2O. The first kappa shape index (κ1) is 19.1. The van der Waals surface area contributed by atoms with E-state index >= 15 is 0 Å². The predicted octanol–water partition coefficient (Wildman–Crippen LogP) is 5.11. The summed E-state index contributed by atoms with van der Waals surface area (Å²) in [4.78, 5) is 12.0. The number of primary amides is 1. The highest BCUT2D eigenvalue weighted by Gasteiger charge is 2.19. The molecule has 0 bridgehead atoms. The van der Waals surface area contributed by atoms with Crippen molar-refractivity contribution in [1.82, 2.24) is 4.57 Å². The molecule has 0 saturated heterocycles. The zero-order valence-corrected chi connectivity index (χ0v) is 15.7. The molecule has 29 heavy (non-hydrogen) atoms. The second-order valence-corrected chi connectivity index (χ2v) is 7.03. The van der Waals surface area contributed by atoms with Gasteiger partial charge in [-0.1, -0.05) is 25.5 Å². The molecule has 3 nitrogen and oxygen atoms in total. The summed E-state index contributed by atoms with van der Waals surface area (Å²) < 4.78 is 43.2. The zero-order chi connectivity index (χ0) is 20.7. The largest absolute Gasteiger partial charge is 0.366 e. The Hall–Kier alpha value is -3.28. The van der Waals surface area contributed by atoms with E-state index < -0.39 is 23.4 Å². The van der Waals surface area contributed by atoms with Crippen molar-refractivity contribution in [3.8, 4) is 0 Å². The summed E-state index contributed by atoms with van der Waals surface area (Å²) >= 11 is 0. The first-order valence-corrected chi connectivity index (χ1v) is 9.29. The van der Waals surface area contributed by atoms with Gasteiger partial charge in [-0.25, -0.2) is 13.2 Å². The maximum Gasteiger partial charge on any atom is 0.249 e. The Balaban J connectivity index is 2.02. The van der Waals surface area contributed by atoms with Crippen LogP contribution in [0, 0.1) is 23.5 Å². The molecule has 0 unspecified atom stereocenters. The Labute approximate surface area is 165 Å². The van der Waals surface area contributed by atoms with E-state index in [0.717, 1.165) is 30.0 Å². The van der Waals surface area contributed by atoms with Gasteiger partial charge < -0.3 is 10.3 Å². The van der Waals surface area contributed by atoms with Gasteiger partial charge in [0.15, 0.2) is 11.6 Å². The maximum absolute atomic E-state index is 14.3. The summed E-state index contributed by atoms with van der Waals surface area (Å²) in [5.41, 5.74) is 8.30. The van der Waals surface area contributed by atoms with Crippen molar-refractivity contribution < 1.29 is 18.0 Å². The van der Waals surface area contributed by atoms with Gasteiger partial charge in [-0.05, 0) is 42.3 Å². The molecule has 0 atom stereocenters. The van der Waals surface area contributed by atoms with Crippen molar-refractivity contribution in [2.75, 3.05) is 0 Å². The average Bonchev–Trinajstić information content (AvgIpc) is 2.99. The number of halogens is 3. The van der Waals surface area contributed by atoms with E-state index in [2.05, 4.69) is 13.0 Å². The van der Waals surface area contributed by atoms with Crippen LogP contribution in [-0.2, 0) is 13.0 Å². The number of hydrogen-bond donors (Lipinski definition) is 1. The summed E-state index contributed by atoms with van der Waals surface area (Å²) in [5.74, 6) is -3.76. The summed E-state index contributed by atoms with van der Waals surface area (Å²) in [6.45, 7) is 2.02. The molecule has 4 rings (SSSR count). The Bertz CT molecular complexity index is 1260. The average molecular weight is 395 g/mol. The van der Waals surface area contributed by atoms with Gasteiger partial charge in [0.2, 0.25) is 5.91 Å². The molecule has 147 valence electrons. The number of benzene rings is 3. The third-order valence-corrected chi connectivity index (χ3v) is 5.08. The molecule has 0 aliphatic carbocycles. The fraction of sp³-hybridized carbons (Fsp3) is 0.174. The number of hydrogen-bond acceptors (Lipinski definition) is 1. The molecule has 1 heterocycles. The standard InChI is InChI=1S/C23H18F3N2O/c1-2-4-13-7-8-15-21(9-13)28(12-14-10-18(25)19(26)11-17(14)24)20-6-3-5-16(22(15)20)23(27)29/h3,5-7,9-11H,2,4,12H2,1H3,(H2,27,29). The molecule has 0 aliphatic rings. The van der Waals surface area contributed by atoms with Crippen LogP contribution in [-0.4, -0.2) is 10.5 Å². The van der Waals surface area contributed by atoms with Crippen molar-refractivity contribution >= 4 is 27.7 Å². The number of fused-ring (bicyclic) bond motifs is 3. The minimum absolute atomic E-state index is 0.00747. The van der Waals surface area contributed by atoms with E-state index in [1.54, 1.807) is 22.8 Å². The first-order chi connectivity index (χ1) is 13.9. The highest BCUT2D eigenvalue weighted by atomic mass is 19.2. The van der Waals surface area contributed by atoms with Crippen molar-refractivity contribution in [2.45, 2.75) is 26.3 Å². The molecule has 4 aromatic rings. The lowest BCUT2D eigenvalue weighted by Gasteiger charge is -2.10. The van der Waals surface area contributed by atoms with Crippen LogP contribution in [0.1, 0.15) is 34.8 Å². The third-order valence-electron chi connectivity index (χ3n) is 5.08. The van der Waals surface area contributed by atoms with Gasteiger partial charge in [0.1, 0.15) is 5.82 Å². The number of aryl methyl sites for hydroxylation is 1. The number of aromatic nitrogens is 1. The van der Waals surface area contributed by atoms with Gasteiger partial charge in [0, 0.05) is 28.0 Å². The lowest BCUT2D eigenvalue weighted by molar-refractivity contribution is 0.100. The normalized spacial score (nSPS) is 11.4. The molecule has 0 spiro atoms. The highest BCUT2D eigenvalue weighted by Crippen LogP contribution is 2.33. The van der Waals surface area contributed by atoms with E-state index in [-0.39, 0.29) is 12.1 Å². The number of carbonyl (C=O) groups is 1. The van der Waals surface area contributed by atoms with E-state index in [9.17, 15) is 18.0 Å². The number of amides is 1. The molecule has 0 aliphatic heterocycles. The summed E-state index contributed by atoms with van der Waals surface area (Å²) in [6.07, 6.45) is 1.76. The van der Waals surface area contributed by atoms with Crippen LogP contribution in [0.2, 0.25) is 0 Å². The monoisotopic (exact) mass is 395 g/mol. The topological polar surface area (TPSA) is 48.0 Å². The van der Waals surface area contributed by atoms with E-state index in [1.165, 1.54) is 0 Å². The predicted molar refractivity (Wildman–Crippen MR) is 106 cm³/mol. The van der Waals surface area contributed by atoms with Gasteiger partial charge in [-0.2, -0.15) is 0 Å². The van der Waals surface area contributed by atoms with Crippen LogP contribution in [0.25, 0.3) is 21.8 Å². The number of rotatable bonds is 5. The SMILES string of the molecule is CCCc1c[c]c2c3c(C(N)=O)cccc3n(Cc3cc(F)c(F)cc3F)c2c1. The minimum atomic E-state index is -1.23. The second kappa shape index (κ2) is 7.28. The molecule has 0 saturated carbocycles. The lowest BCUT2D eigenvalue weighted by Crippen LogP contribution is -2.11. The molecule has 3 aromatic carbocycles. The van der Waals surface area contributed by atoms with Crippen molar-refractivity contribution in [3.63, 3.8) is 0 Å². The van der Waals surface area contributed by atoms with Crippen LogP contribution in [0.3, 0.4) is 0 Å². The Morgan fingerprint density at radius 1 is 1.07 bits per heavy atom. The fourth-order valence-corrected chi connectivity index (χ4v) is 3.76. The molecule has 0 fully saturated rings. The maximum atomic E-state index is 14.3. The lowest BCUT2D eigenvalue weighted by atomic mass is 10.0. The summed E-state index contributed by atoms with van der Waals surface area (Å²) in [5, 5.41) is 1.29. The van der Waals surface area contributed by atoms with Crippen molar-refractivity contribution in [2.24, 2.45) is 5.73 Å². The van der Waals surface area contributed by atoms with Crippen LogP contribution in [0.15, 0.2) is 42.5 Å². The molecule has 2 N–H and O–H groups in total. The quantitative estimate of drug-likeness (QED) is 0.469. The Kier molecular flexibility index (Phi) is 4.78. The van der Waals surface area contributed by atoms with Gasteiger partial charge in [-0.3, -0.25) is 4.79 Å². The third kappa shape index (κ3) is 3.24. The van der Waals surface area contributed by atoms with Crippen molar-refractivity contribution in [3.05, 3.63) is 82.7 Å². The van der Waals surface area contributed by atoms with Gasteiger partial charge in [0.05, 0.1) is 17.6 Å². The van der Waals surface area contributed by atoms with Gasteiger partial charge >= 0.3 is 0 Å². The zero-order valence-electron chi connectivity index (χ0n) is 15.7. The van der Waals surface area contributed by atoms with E-state index in [1.807, 2.05) is 12.1 Å². The molecule has 1 amide bonds. The summed E-state index contributed by atoms with van der Waals surface area (Å²) in [6, 6.07) is 13.6. The Morgan fingerprint density at radius 2 is 1.83 bits per heavy atom. The number of carbonyl (C=O) groups excluding carboxylic acids is 1. The molecule has 6 heteroatoms. The number of nitrogens with two attached hydrogens (primary N) is 1. The first-order valence-electron chi connectivity index (χ1n) is 9.29. The Morgan fingerprint density at radius 3 is 2.55 bits per heavy atom. The number of nitrogens with zero attached hydrogens (tertiary/aromatic N) is 1. The molecular weight excluding hydrogens is 377 g/mol. The molecule has 1 radical (unpaired) electrons. The van der Waals surface area contributed by atoms with Crippen LogP contribution in [0.5, 0.6) is 0 Å². The van der Waals surface area contributed by atoms with E-state index in [0.29, 0.717) is 27.9 Å².